The highest BCUT2D eigenvalue weighted by molar-refractivity contribution is 5.96. The van der Waals surface area contributed by atoms with Gasteiger partial charge in [-0.1, -0.05) is 12.1 Å². The summed E-state index contributed by atoms with van der Waals surface area (Å²) in [5.74, 6) is -0.466. The van der Waals surface area contributed by atoms with Crippen LogP contribution >= 0.6 is 0 Å². The van der Waals surface area contributed by atoms with Gasteiger partial charge in [-0.2, -0.15) is 5.10 Å². The number of amides is 1. The number of hydrogen-bond acceptors (Lipinski definition) is 6. The monoisotopic (exact) mass is 354 g/mol. The van der Waals surface area contributed by atoms with Crippen LogP contribution in [0, 0.1) is 0 Å². The molecule has 0 saturated heterocycles. The number of carbonyl (C=O) groups is 2. The van der Waals surface area contributed by atoms with Crippen LogP contribution in [0.1, 0.15) is 17.3 Å². The Morgan fingerprint density at radius 3 is 2.81 bits per heavy atom. The van der Waals surface area contributed by atoms with Crippen LogP contribution in [0.5, 0.6) is 0 Å². The summed E-state index contributed by atoms with van der Waals surface area (Å²) < 4.78 is 11.4. The van der Waals surface area contributed by atoms with Crippen LogP contribution in [-0.4, -0.2) is 47.4 Å². The fourth-order valence-electron chi connectivity index (χ4n) is 2.58. The molecule has 0 aliphatic carbocycles. The van der Waals surface area contributed by atoms with Gasteiger partial charge >= 0.3 is 12.1 Å². The molecule has 8 heteroatoms. The molecule has 1 aromatic carbocycles. The summed E-state index contributed by atoms with van der Waals surface area (Å²) in [4.78, 5) is 29.4. The van der Waals surface area contributed by atoms with E-state index in [0.29, 0.717) is 16.9 Å². The molecule has 1 amide bonds. The molecule has 3 rings (SSSR count). The van der Waals surface area contributed by atoms with Gasteiger partial charge in [-0.3, -0.25) is 4.90 Å². The summed E-state index contributed by atoms with van der Waals surface area (Å²) in [7, 11) is 2.95. The Morgan fingerprint density at radius 2 is 2.08 bits per heavy atom. The van der Waals surface area contributed by atoms with Crippen LogP contribution in [0.4, 0.5) is 10.5 Å². The number of anilines is 1. The first-order chi connectivity index (χ1) is 12.6. The first-order valence-corrected chi connectivity index (χ1v) is 7.98. The van der Waals surface area contributed by atoms with Gasteiger partial charge in [0.05, 0.1) is 25.6 Å². The topological polar surface area (TPSA) is 86.0 Å². The van der Waals surface area contributed by atoms with Gasteiger partial charge in [0.1, 0.15) is 5.56 Å². The maximum absolute atomic E-state index is 12.0. The molecule has 0 N–H and O–H groups in total. The van der Waals surface area contributed by atoms with E-state index in [0.717, 1.165) is 11.3 Å². The van der Waals surface area contributed by atoms with Crippen LogP contribution in [0.25, 0.3) is 16.9 Å². The van der Waals surface area contributed by atoms with Crippen LogP contribution in [0.2, 0.25) is 0 Å². The van der Waals surface area contributed by atoms with Crippen LogP contribution in [0.3, 0.4) is 0 Å². The van der Waals surface area contributed by atoms with Gasteiger partial charge in [-0.25, -0.2) is 19.1 Å². The Hall–Kier alpha value is -3.42. The van der Waals surface area contributed by atoms with E-state index in [4.69, 9.17) is 9.47 Å². The highest BCUT2D eigenvalue weighted by atomic mass is 16.5. The van der Waals surface area contributed by atoms with Crippen molar-refractivity contribution in [2.75, 3.05) is 25.7 Å². The highest BCUT2D eigenvalue weighted by Gasteiger charge is 2.18. The number of carbonyl (C=O) groups excluding carboxylic acids is 2. The van der Waals surface area contributed by atoms with E-state index in [-0.39, 0.29) is 6.61 Å². The Labute approximate surface area is 150 Å². The van der Waals surface area contributed by atoms with Crippen LogP contribution in [-0.2, 0) is 9.47 Å². The number of nitrogens with zero attached hydrogens (tertiary/aromatic N) is 4. The number of hydrogen-bond donors (Lipinski definition) is 0. The molecule has 134 valence electrons. The zero-order valence-electron chi connectivity index (χ0n) is 14.7. The van der Waals surface area contributed by atoms with E-state index < -0.39 is 12.1 Å². The first kappa shape index (κ1) is 17.4. The highest BCUT2D eigenvalue weighted by Crippen LogP contribution is 2.25. The molecule has 0 atom stereocenters. The summed E-state index contributed by atoms with van der Waals surface area (Å²) in [6, 6.07) is 9.12. The van der Waals surface area contributed by atoms with E-state index in [1.807, 2.05) is 18.2 Å². The molecule has 0 spiro atoms. The van der Waals surface area contributed by atoms with Gasteiger partial charge in [-0.05, 0) is 25.1 Å². The summed E-state index contributed by atoms with van der Waals surface area (Å²) in [6.45, 7) is 2.02. The zero-order chi connectivity index (χ0) is 18.7. The average molecular weight is 354 g/mol. The molecule has 0 aliphatic rings. The lowest BCUT2D eigenvalue weighted by atomic mass is 10.1. The smallest absolute Gasteiger partial charge is 0.413 e. The van der Waals surface area contributed by atoms with E-state index in [1.165, 1.54) is 18.2 Å². The van der Waals surface area contributed by atoms with Crippen molar-refractivity contribution < 1.29 is 19.1 Å². The van der Waals surface area contributed by atoms with Gasteiger partial charge in [0.15, 0.2) is 5.65 Å². The van der Waals surface area contributed by atoms with Gasteiger partial charge in [0.25, 0.3) is 0 Å². The lowest BCUT2D eigenvalue weighted by Gasteiger charge is -2.16. The molecule has 2 aromatic heterocycles. The molecule has 0 saturated carbocycles. The third-order valence-corrected chi connectivity index (χ3v) is 3.87. The molecular weight excluding hydrogens is 336 g/mol. The lowest BCUT2D eigenvalue weighted by Crippen LogP contribution is -2.25. The normalized spacial score (nSPS) is 10.6. The summed E-state index contributed by atoms with van der Waals surface area (Å²) in [6.07, 6.45) is 2.57. The molecular formula is C18H18N4O4. The quantitative estimate of drug-likeness (QED) is 0.670. The van der Waals surface area contributed by atoms with Crippen molar-refractivity contribution in [1.29, 1.82) is 0 Å². The van der Waals surface area contributed by atoms with Crippen molar-refractivity contribution in [2.24, 2.45) is 0 Å². The van der Waals surface area contributed by atoms with Gasteiger partial charge in [-0.15, -0.1) is 0 Å². The summed E-state index contributed by atoms with van der Waals surface area (Å²) >= 11 is 0. The number of methoxy groups -OCH3 is 1. The van der Waals surface area contributed by atoms with Gasteiger partial charge < -0.3 is 9.47 Å². The molecule has 3 aromatic rings. The second-order valence-electron chi connectivity index (χ2n) is 5.42. The number of rotatable bonds is 4. The van der Waals surface area contributed by atoms with Crippen molar-refractivity contribution in [3.8, 4) is 11.3 Å². The molecule has 0 fully saturated rings. The SMILES string of the molecule is CCOC(=O)c1cnn2c(-c3cccc(N(C)C(=O)OC)c3)ccnc12. The molecule has 26 heavy (non-hydrogen) atoms. The fourth-order valence-corrected chi connectivity index (χ4v) is 2.58. The minimum absolute atomic E-state index is 0.276. The van der Waals surface area contributed by atoms with Crippen molar-refractivity contribution >= 4 is 23.4 Å². The Kier molecular flexibility index (Phi) is 4.83. The van der Waals surface area contributed by atoms with Crippen molar-refractivity contribution in [2.45, 2.75) is 6.92 Å². The third-order valence-electron chi connectivity index (χ3n) is 3.87. The average Bonchev–Trinajstić information content (AvgIpc) is 3.11. The van der Waals surface area contributed by atoms with Crippen molar-refractivity contribution in [3.63, 3.8) is 0 Å². The molecule has 0 bridgehead atoms. The fraction of sp³-hybridized carbons (Fsp3) is 0.222. The number of ether oxygens (including phenoxy) is 2. The minimum Gasteiger partial charge on any atom is -0.462 e. The van der Waals surface area contributed by atoms with Crippen LogP contribution in [0.15, 0.2) is 42.7 Å². The molecule has 0 unspecified atom stereocenters. The Bertz CT molecular complexity index is 967. The van der Waals surface area contributed by atoms with E-state index in [1.54, 1.807) is 36.8 Å². The minimum atomic E-state index is -0.467. The number of fused-ring (bicyclic) bond motifs is 1. The van der Waals surface area contributed by atoms with E-state index >= 15 is 0 Å². The predicted octanol–water partition coefficient (Wildman–Crippen LogP) is 2.78. The third kappa shape index (κ3) is 3.08. The zero-order valence-corrected chi connectivity index (χ0v) is 14.7. The standard InChI is InChI=1S/C18H18N4O4/c1-4-26-17(23)14-11-20-22-15(8-9-19-16(14)22)12-6-5-7-13(10-12)21(2)18(24)25-3/h5-11H,4H2,1-3H3. The molecule has 8 nitrogen and oxygen atoms in total. The molecule has 0 radical (unpaired) electrons. The Balaban J connectivity index is 2.06. The first-order valence-electron chi connectivity index (χ1n) is 7.98. The van der Waals surface area contributed by atoms with Gasteiger partial charge in [0, 0.05) is 24.5 Å². The number of esters is 1. The van der Waals surface area contributed by atoms with Crippen molar-refractivity contribution in [3.05, 3.63) is 48.3 Å². The lowest BCUT2D eigenvalue weighted by molar-refractivity contribution is 0.0528. The molecule has 2 heterocycles. The summed E-state index contributed by atoms with van der Waals surface area (Å²) in [5, 5.41) is 4.27. The maximum Gasteiger partial charge on any atom is 0.413 e. The molecule has 0 aliphatic heterocycles. The predicted molar refractivity (Wildman–Crippen MR) is 95.2 cm³/mol. The Morgan fingerprint density at radius 1 is 1.27 bits per heavy atom. The second-order valence-corrected chi connectivity index (χ2v) is 5.42. The van der Waals surface area contributed by atoms with Crippen LogP contribution < -0.4 is 4.90 Å². The van der Waals surface area contributed by atoms with Gasteiger partial charge in [0.2, 0.25) is 0 Å². The second kappa shape index (κ2) is 7.22. The largest absolute Gasteiger partial charge is 0.462 e. The maximum atomic E-state index is 12.0. The number of benzene rings is 1. The summed E-state index contributed by atoms with van der Waals surface area (Å²) in [5.41, 5.74) is 2.91. The van der Waals surface area contributed by atoms with E-state index in [9.17, 15) is 9.59 Å². The number of aromatic nitrogens is 3. The van der Waals surface area contributed by atoms with Crippen molar-refractivity contribution in [1.82, 2.24) is 14.6 Å². The van der Waals surface area contributed by atoms with E-state index in [2.05, 4.69) is 10.1 Å².